The molecular formula is C7H14O3. The summed E-state index contributed by atoms with van der Waals surface area (Å²) in [5.74, 6) is 0. The average molecular weight is 146 g/mol. The summed E-state index contributed by atoms with van der Waals surface area (Å²) in [5, 5.41) is 18.4. The van der Waals surface area contributed by atoms with Gasteiger partial charge in [0.25, 0.3) is 0 Å². The number of aliphatic hydroxyl groups excluding tert-OH is 2. The van der Waals surface area contributed by atoms with Gasteiger partial charge in [-0.1, -0.05) is 6.92 Å². The maximum Gasteiger partial charge on any atom is 0.109 e. The van der Waals surface area contributed by atoms with Gasteiger partial charge in [0, 0.05) is 6.61 Å². The van der Waals surface area contributed by atoms with Crippen LogP contribution in [0.3, 0.4) is 0 Å². The summed E-state index contributed by atoms with van der Waals surface area (Å²) in [6, 6.07) is 0. The zero-order valence-electron chi connectivity index (χ0n) is 6.16. The van der Waals surface area contributed by atoms with Crippen molar-refractivity contribution in [1.29, 1.82) is 0 Å². The molecule has 0 saturated carbocycles. The Morgan fingerprint density at radius 2 is 2.40 bits per heavy atom. The second-order valence-electron chi connectivity index (χ2n) is 2.67. The predicted molar refractivity (Wildman–Crippen MR) is 36.7 cm³/mol. The Kier molecular flexibility index (Phi) is 2.65. The van der Waals surface area contributed by atoms with E-state index >= 15 is 0 Å². The van der Waals surface area contributed by atoms with E-state index in [0.717, 1.165) is 0 Å². The van der Waals surface area contributed by atoms with Crippen LogP contribution in [0, 0.1) is 0 Å². The van der Waals surface area contributed by atoms with Crippen molar-refractivity contribution in [3.05, 3.63) is 0 Å². The van der Waals surface area contributed by atoms with E-state index in [1.54, 1.807) is 0 Å². The first-order chi connectivity index (χ1) is 4.75. The summed E-state index contributed by atoms with van der Waals surface area (Å²) in [7, 11) is 0. The summed E-state index contributed by atoms with van der Waals surface area (Å²) in [6.45, 7) is 2.45. The van der Waals surface area contributed by atoms with Crippen molar-refractivity contribution in [2.75, 3.05) is 6.61 Å². The predicted octanol–water partition coefficient (Wildman–Crippen LogP) is -0.0929. The minimum absolute atomic E-state index is 0.343. The molecular weight excluding hydrogens is 132 g/mol. The standard InChI is InChI=1S/C7H14O3/c1-2-5(8)7-6(9)3-4-10-7/h5-9H,2-4H2,1H3. The van der Waals surface area contributed by atoms with Crippen LogP contribution in [-0.4, -0.2) is 35.1 Å². The van der Waals surface area contributed by atoms with Gasteiger partial charge in [-0.2, -0.15) is 0 Å². The lowest BCUT2D eigenvalue weighted by molar-refractivity contribution is -0.0461. The first kappa shape index (κ1) is 7.98. The molecule has 1 heterocycles. The number of rotatable bonds is 2. The molecule has 0 radical (unpaired) electrons. The Morgan fingerprint density at radius 1 is 1.70 bits per heavy atom. The highest BCUT2D eigenvalue weighted by Gasteiger charge is 2.31. The Labute approximate surface area is 60.6 Å². The van der Waals surface area contributed by atoms with Gasteiger partial charge in [0.1, 0.15) is 6.10 Å². The van der Waals surface area contributed by atoms with Gasteiger partial charge >= 0.3 is 0 Å². The molecule has 0 aromatic rings. The molecule has 3 heteroatoms. The van der Waals surface area contributed by atoms with Gasteiger partial charge in [0.05, 0.1) is 12.2 Å². The van der Waals surface area contributed by atoms with Gasteiger partial charge in [0.15, 0.2) is 0 Å². The van der Waals surface area contributed by atoms with E-state index in [-0.39, 0.29) is 6.10 Å². The van der Waals surface area contributed by atoms with Crippen LogP contribution in [0.4, 0.5) is 0 Å². The van der Waals surface area contributed by atoms with Crippen molar-refractivity contribution in [3.63, 3.8) is 0 Å². The lowest BCUT2D eigenvalue weighted by Gasteiger charge is -2.18. The SMILES string of the molecule is CCC(O)C1OCCC1O. The topological polar surface area (TPSA) is 49.7 Å². The molecule has 1 rings (SSSR count). The summed E-state index contributed by atoms with van der Waals surface area (Å²) >= 11 is 0. The fraction of sp³-hybridized carbons (Fsp3) is 1.00. The molecule has 0 aliphatic carbocycles. The minimum atomic E-state index is -0.502. The zero-order chi connectivity index (χ0) is 7.56. The van der Waals surface area contributed by atoms with E-state index < -0.39 is 12.2 Å². The maximum atomic E-state index is 9.24. The highest BCUT2D eigenvalue weighted by Crippen LogP contribution is 2.17. The van der Waals surface area contributed by atoms with Crippen molar-refractivity contribution in [2.45, 2.75) is 38.1 Å². The molecule has 1 fully saturated rings. The van der Waals surface area contributed by atoms with E-state index in [4.69, 9.17) is 4.74 Å². The Hall–Kier alpha value is -0.120. The molecule has 3 nitrogen and oxygen atoms in total. The molecule has 3 atom stereocenters. The lowest BCUT2D eigenvalue weighted by Crippen LogP contribution is -2.33. The Bertz CT molecular complexity index is 105. The number of hydrogen-bond acceptors (Lipinski definition) is 3. The number of hydrogen-bond donors (Lipinski definition) is 2. The van der Waals surface area contributed by atoms with E-state index in [1.165, 1.54) is 0 Å². The van der Waals surface area contributed by atoms with E-state index in [0.29, 0.717) is 19.4 Å². The van der Waals surface area contributed by atoms with Crippen molar-refractivity contribution in [2.24, 2.45) is 0 Å². The smallest absolute Gasteiger partial charge is 0.109 e. The molecule has 1 aliphatic heterocycles. The largest absolute Gasteiger partial charge is 0.390 e. The first-order valence-electron chi connectivity index (χ1n) is 3.73. The average Bonchev–Trinajstić information content (AvgIpc) is 2.34. The van der Waals surface area contributed by atoms with Gasteiger partial charge in [-0.3, -0.25) is 0 Å². The van der Waals surface area contributed by atoms with Crippen molar-refractivity contribution in [3.8, 4) is 0 Å². The monoisotopic (exact) mass is 146 g/mol. The molecule has 0 aromatic heterocycles. The minimum Gasteiger partial charge on any atom is -0.390 e. The lowest BCUT2D eigenvalue weighted by atomic mass is 10.1. The summed E-state index contributed by atoms with van der Waals surface area (Å²) < 4.78 is 5.12. The molecule has 0 bridgehead atoms. The van der Waals surface area contributed by atoms with Crippen LogP contribution in [0.25, 0.3) is 0 Å². The molecule has 0 spiro atoms. The third kappa shape index (κ3) is 1.48. The molecule has 2 N–H and O–H groups in total. The third-order valence-electron chi connectivity index (χ3n) is 1.90. The first-order valence-corrected chi connectivity index (χ1v) is 3.73. The van der Waals surface area contributed by atoms with Gasteiger partial charge < -0.3 is 14.9 Å². The van der Waals surface area contributed by atoms with Crippen LogP contribution in [0.2, 0.25) is 0 Å². The molecule has 1 aliphatic rings. The molecule has 1 saturated heterocycles. The van der Waals surface area contributed by atoms with Crippen LogP contribution in [0.1, 0.15) is 19.8 Å². The second-order valence-corrected chi connectivity index (χ2v) is 2.67. The summed E-state index contributed by atoms with van der Waals surface area (Å²) in [6.07, 6.45) is -0.0128. The van der Waals surface area contributed by atoms with Gasteiger partial charge in [0.2, 0.25) is 0 Å². The second kappa shape index (κ2) is 3.32. The van der Waals surface area contributed by atoms with Crippen LogP contribution >= 0.6 is 0 Å². The van der Waals surface area contributed by atoms with Crippen molar-refractivity contribution < 1.29 is 14.9 Å². The van der Waals surface area contributed by atoms with Crippen LogP contribution in [0.15, 0.2) is 0 Å². The molecule has 10 heavy (non-hydrogen) atoms. The fourth-order valence-corrected chi connectivity index (χ4v) is 1.20. The third-order valence-corrected chi connectivity index (χ3v) is 1.90. The van der Waals surface area contributed by atoms with Crippen LogP contribution in [-0.2, 0) is 4.74 Å². The number of aliphatic hydroxyl groups is 2. The maximum absolute atomic E-state index is 9.24. The summed E-state index contributed by atoms with van der Waals surface area (Å²) in [4.78, 5) is 0. The van der Waals surface area contributed by atoms with Crippen molar-refractivity contribution in [1.82, 2.24) is 0 Å². The highest BCUT2D eigenvalue weighted by molar-refractivity contribution is 4.80. The normalized spacial score (nSPS) is 36.3. The van der Waals surface area contributed by atoms with Crippen LogP contribution in [0.5, 0.6) is 0 Å². The zero-order valence-corrected chi connectivity index (χ0v) is 6.16. The highest BCUT2D eigenvalue weighted by atomic mass is 16.5. The fourth-order valence-electron chi connectivity index (χ4n) is 1.20. The van der Waals surface area contributed by atoms with E-state index in [9.17, 15) is 10.2 Å². The molecule has 0 amide bonds. The Balaban J connectivity index is 2.38. The summed E-state index contributed by atoms with van der Waals surface area (Å²) in [5.41, 5.74) is 0. The quantitative estimate of drug-likeness (QED) is 0.572. The van der Waals surface area contributed by atoms with E-state index in [2.05, 4.69) is 0 Å². The molecule has 3 unspecified atom stereocenters. The van der Waals surface area contributed by atoms with Gasteiger partial charge in [-0.15, -0.1) is 0 Å². The Morgan fingerprint density at radius 3 is 2.80 bits per heavy atom. The van der Waals surface area contributed by atoms with Crippen molar-refractivity contribution >= 4 is 0 Å². The molecule has 60 valence electrons. The van der Waals surface area contributed by atoms with Gasteiger partial charge in [-0.05, 0) is 12.8 Å². The van der Waals surface area contributed by atoms with E-state index in [1.807, 2.05) is 6.92 Å². The number of ether oxygens (including phenoxy) is 1. The van der Waals surface area contributed by atoms with Crippen LogP contribution < -0.4 is 0 Å². The molecule has 0 aromatic carbocycles. The van der Waals surface area contributed by atoms with Gasteiger partial charge in [-0.25, -0.2) is 0 Å².